The van der Waals surface area contributed by atoms with Crippen LogP contribution in [0.2, 0.25) is 0 Å². The largest absolute Gasteiger partial charge is 0.392 e. The summed E-state index contributed by atoms with van der Waals surface area (Å²) in [7, 11) is -1.95. The maximum Gasteiger partial charge on any atom is 0.240 e. The van der Waals surface area contributed by atoms with Crippen LogP contribution in [0.3, 0.4) is 0 Å². The lowest BCUT2D eigenvalue weighted by atomic mass is 10.2. The van der Waals surface area contributed by atoms with Crippen LogP contribution in [-0.2, 0) is 14.8 Å². The number of hydrogen-bond acceptors (Lipinski definition) is 5. The van der Waals surface area contributed by atoms with Crippen molar-refractivity contribution in [2.24, 2.45) is 0 Å². The Morgan fingerprint density at radius 3 is 2.61 bits per heavy atom. The SMILES string of the molecule is Cc1ccc(S(=O)(=O)NCCN(C)C(=O)C2CC(O)CN2)cc1. The number of benzene rings is 1. The molecule has 2 unspecified atom stereocenters. The highest BCUT2D eigenvalue weighted by Gasteiger charge is 2.29. The van der Waals surface area contributed by atoms with Crippen molar-refractivity contribution in [3.05, 3.63) is 29.8 Å². The fourth-order valence-corrected chi connectivity index (χ4v) is 3.45. The summed E-state index contributed by atoms with van der Waals surface area (Å²) in [5.74, 6) is -0.143. The molecule has 0 aliphatic carbocycles. The van der Waals surface area contributed by atoms with E-state index in [1.165, 1.54) is 4.90 Å². The topological polar surface area (TPSA) is 98.7 Å². The Labute approximate surface area is 136 Å². The van der Waals surface area contributed by atoms with Gasteiger partial charge in [-0.15, -0.1) is 0 Å². The normalized spacial score (nSPS) is 21.3. The Hall–Kier alpha value is -1.48. The van der Waals surface area contributed by atoms with Gasteiger partial charge in [-0.2, -0.15) is 0 Å². The summed E-state index contributed by atoms with van der Waals surface area (Å²) in [5.41, 5.74) is 0.987. The molecule has 0 bridgehead atoms. The highest BCUT2D eigenvalue weighted by atomic mass is 32.2. The molecular formula is C15H23N3O4S. The van der Waals surface area contributed by atoms with Gasteiger partial charge in [-0.25, -0.2) is 13.1 Å². The maximum absolute atomic E-state index is 12.1. The van der Waals surface area contributed by atoms with Crippen LogP contribution in [0.5, 0.6) is 0 Å². The van der Waals surface area contributed by atoms with Crippen LogP contribution in [0.4, 0.5) is 0 Å². The molecule has 2 atom stereocenters. The summed E-state index contributed by atoms with van der Waals surface area (Å²) < 4.78 is 26.8. The Balaban J connectivity index is 1.84. The maximum atomic E-state index is 12.1. The van der Waals surface area contributed by atoms with Gasteiger partial charge in [0.2, 0.25) is 15.9 Å². The molecule has 8 heteroatoms. The molecule has 1 fully saturated rings. The standard InChI is InChI=1S/C15H23N3O4S/c1-11-3-5-13(6-4-11)23(21,22)17-7-8-18(2)15(20)14-9-12(19)10-16-14/h3-6,12,14,16-17,19H,7-10H2,1-2H3. The lowest BCUT2D eigenvalue weighted by Gasteiger charge is -2.21. The number of aliphatic hydroxyl groups excluding tert-OH is 1. The van der Waals surface area contributed by atoms with Crippen molar-refractivity contribution in [2.75, 3.05) is 26.7 Å². The average molecular weight is 341 g/mol. The van der Waals surface area contributed by atoms with E-state index in [2.05, 4.69) is 10.0 Å². The third-order valence-electron chi connectivity index (χ3n) is 3.85. The van der Waals surface area contributed by atoms with Crippen LogP contribution in [0.25, 0.3) is 0 Å². The summed E-state index contributed by atoms with van der Waals surface area (Å²) in [6.07, 6.45) is -0.115. The Bertz CT molecular complexity index is 645. The zero-order chi connectivity index (χ0) is 17.0. The molecule has 0 radical (unpaired) electrons. The van der Waals surface area contributed by atoms with Gasteiger partial charge in [0.1, 0.15) is 0 Å². The molecule has 1 heterocycles. The molecule has 0 saturated carbocycles. The number of aryl methyl sites for hydroxylation is 1. The third-order valence-corrected chi connectivity index (χ3v) is 5.33. The van der Waals surface area contributed by atoms with Gasteiger partial charge in [0.25, 0.3) is 0 Å². The molecular weight excluding hydrogens is 318 g/mol. The first-order valence-corrected chi connectivity index (χ1v) is 9.00. The minimum absolute atomic E-state index is 0.133. The lowest BCUT2D eigenvalue weighted by molar-refractivity contribution is -0.131. The van der Waals surface area contributed by atoms with Crippen molar-refractivity contribution in [1.29, 1.82) is 0 Å². The average Bonchev–Trinajstić information content (AvgIpc) is 2.93. The van der Waals surface area contributed by atoms with Gasteiger partial charge in [-0.05, 0) is 25.5 Å². The molecule has 1 aliphatic heterocycles. The summed E-state index contributed by atoms with van der Waals surface area (Å²) in [5, 5.41) is 12.4. The molecule has 128 valence electrons. The number of carbonyl (C=O) groups excluding carboxylic acids is 1. The second-order valence-corrected chi connectivity index (χ2v) is 7.59. The lowest BCUT2D eigenvalue weighted by Crippen LogP contribution is -2.44. The van der Waals surface area contributed by atoms with Crippen LogP contribution < -0.4 is 10.0 Å². The number of amides is 1. The Morgan fingerprint density at radius 2 is 2.04 bits per heavy atom. The van der Waals surface area contributed by atoms with E-state index in [-0.39, 0.29) is 23.9 Å². The minimum atomic E-state index is -3.57. The Morgan fingerprint density at radius 1 is 1.39 bits per heavy atom. The van der Waals surface area contributed by atoms with Crippen LogP contribution in [0.1, 0.15) is 12.0 Å². The minimum Gasteiger partial charge on any atom is -0.392 e. The smallest absolute Gasteiger partial charge is 0.240 e. The van der Waals surface area contributed by atoms with Gasteiger partial charge in [0, 0.05) is 26.7 Å². The zero-order valence-corrected chi connectivity index (χ0v) is 14.1. The van der Waals surface area contributed by atoms with Crippen molar-refractivity contribution < 1.29 is 18.3 Å². The summed E-state index contributed by atoms with van der Waals surface area (Å²) in [6, 6.07) is 6.18. The quantitative estimate of drug-likeness (QED) is 0.645. The van der Waals surface area contributed by atoms with Crippen molar-refractivity contribution >= 4 is 15.9 Å². The molecule has 7 nitrogen and oxygen atoms in total. The molecule has 1 amide bonds. The summed E-state index contributed by atoms with van der Waals surface area (Å²) in [6.45, 7) is 2.69. The first-order valence-electron chi connectivity index (χ1n) is 7.52. The van der Waals surface area contributed by atoms with Crippen LogP contribution >= 0.6 is 0 Å². The number of aliphatic hydroxyl groups is 1. The number of hydrogen-bond donors (Lipinski definition) is 3. The van der Waals surface area contributed by atoms with E-state index in [0.717, 1.165) is 5.56 Å². The third kappa shape index (κ3) is 4.74. The van der Waals surface area contributed by atoms with E-state index >= 15 is 0 Å². The number of nitrogens with one attached hydrogen (secondary N) is 2. The molecule has 0 spiro atoms. The molecule has 23 heavy (non-hydrogen) atoms. The molecule has 2 rings (SSSR count). The number of rotatable bonds is 6. The van der Waals surface area contributed by atoms with Crippen molar-refractivity contribution in [3.8, 4) is 0 Å². The zero-order valence-electron chi connectivity index (χ0n) is 13.3. The van der Waals surface area contributed by atoms with Crippen LogP contribution in [-0.4, -0.2) is 63.2 Å². The second kappa shape index (κ2) is 7.39. The van der Waals surface area contributed by atoms with E-state index in [1.807, 2.05) is 6.92 Å². The van der Waals surface area contributed by atoms with Gasteiger partial charge in [0.05, 0.1) is 17.0 Å². The molecule has 0 aromatic heterocycles. The molecule has 1 aliphatic rings. The van der Waals surface area contributed by atoms with E-state index in [0.29, 0.717) is 13.0 Å². The molecule has 1 aromatic rings. The monoisotopic (exact) mass is 341 g/mol. The number of nitrogens with zero attached hydrogens (tertiary/aromatic N) is 1. The van der Waals surface area contributed by atoms with Crippen molar-refractivity contribution in [1.82, 2.24) is 14.9 Å². The van der Waals surface area contributed by atoms with Crippen molar-refractivity contribution in [2.45, 2.75) is 30.4 Å². The molecule has 3 N–H and O–H groups in total. The van der Waals surface area contributed by atoms with Crippen molar-refractivity contribution in [3.63, 3.8) is 0 Å². The summed E-state index contributed by atoms with van der Waals surface area (Å²) in [4.78, 5) is 13.8. The molecule has 1 aromatic carbocycles. The number of β-amino-alcohol motifs (C(OH)–C–C–N with tert-alkyl or cyclic N) is 1. The predicted octanol–water partition coefficient (Wildman–Crippen LogP) is -0.545. The van der Waals surface area contributed by atoms with Crippen LogP contribution in [0, 0.1) is 6.92 Å². The van der Waals surface area contributed by atoms with E-state index in [1.54, 1.807) is 31.3 Å². The van der Waals surface area contributed by atoms with E-state index < -0.39 is 22.2 Å². The first kappa shape index (κ1) is 17.9. The highest BCUT2D eigenvalue weighted by Crippen LogP contribution is 2.10. The molecule has 1 saturated heterocycles. The van der Waals surface area contributed by atoms with Gasteiger partial charge in [-0.1, -0.05) is 17.7 Å². The fourth-order valence-electron chi connectivity index (χ4n) is 2.43. The van der Waals surface area contributed by atoms with Gasteiger partial charge >= 0.3 is 0 Å². The van der Waals surface area contributed by atoms with Crippen LogP contribution in [0.15, 0.2) is 29.2 Å². The predicted molar refractivity (Wildman–Crippen MR) is 86.4 cm³/mol. The van der Waals surface area contributed by atoms with Gasteiger partial charge in [0.15, 0.2) is 0 Å². The Kier molecular flexibility index (Phi) is 5.74. The van der Waals surface area contributed by atoms with Gasteiger partial charge in [-0.3, -0.25) is 4.79 Å². The van der Waals surface area contributed by atoms with E-state index in [9.17, 15) is 18.3 Å². The van der Waals surface area contributed by atoms with E-state index in [4.69, 9.17) is 0 Å². The number of likely N-dealkylation sites (N-methyl/N-ethyl adjacent to an activating group) is 1. The highest BCUT2D eigenvalue weighted by molar-refractivity contribution is 7.89. The first-order chi connectivity index (χ1) is 10.8. The summed E-state index contributed by atoms with van der Waals surface area (Å²) >= 11 is 0. The second-order valence-electron chi connectivity index (χ2n) is 5.82. The number of sulfonamides is 1. The fraction of sp³-hybridized carbons (Fsp3) is 0.533. The number of carbonyl (C=O) groups is 1. The van der Waals surface area contributed by atoms with Gasteiger partial charge < -0.3 is 15.3 Å².